The molecule has 1 fully saturated rings. The van der Waals surface area contributed by atoms with Gasteiger partial charge in [-0.1, -0.05) is 37.3 Å². The van der Waals surface area contributed by atoms with Crippen LogP contribution in [0.1, 0.15) is 49.4 Å². The highest BCUT2D eigenvalue weighted by Crippen LogP contribution is 2.25. The Labute approximate surface area is 126 Å². The van der Waals surface area contributed by atoms with E-state index in [0.717, 1.165) is 12.4 Å². The molecule has 112 valence electrons. The molecule has 2 atom stereocenters. The molecule has 4 nitrogen and oxygen atoms in total. The molecule has 2 heterocycles. The van der Waals surface area contributed by atoms with E-state index in [9.17, 15) is 0 Å². The molecule has 0 bridgehead atoms. The summed E-state index contributed by atoms with van der Waals surface area (Å²) < 4.78 is 0. The van der Waals surface area contributed by atoms with Crippen molar-refractivity contribution >= 4 is 0 Å². The van der Waals surface area contributed by atoms with Gasteiger partial charge in [-0.15, -0.1) is 0 Å². The number of nitrogens with zero attached hydrogens (tertiary/aromatic N) is 3. The number of hydrogen-bond acceptors (Lipinski definition) is 3. The van der Waals surface area contributed by atoms with Gasteiger partial charge in [-0.2, -0.15) is 5.10 Å². The molecule has 0 aliphatic carbocycles. The third-order valence-corrected chi connectivity index (χ3v) is 4.57. The Bertz CT molecular complexity index is 523. The van der Waals surface area contributed by atoms with Gasteiger partial charge < -0.3 is 4.90 Å². The molecule has 0 saturated carbocycles. The van der Waals surface area contributed by atoms with Crippen molar-refractivity contribution in [2.24, 2.45) is 0 Å². The Morgan fingerprint density at radius 1 is 1.33 bits per heavy atom. The van der Waals surface area contributed by atoms with Crippen LogP contribution in [0, 0.1) is 0 Å². The van der Waals surface area contributed by atoms with Crippen LogP contribution in [0.5, 0.6) is 0 Å². The fourth-order valence-electron chi connectivity index (χ4n) is 3.22. The van der Waals surface area contributed by atoms with E-state index >= 15 is 0 Å². The summed E-state index contributed by atoms with van der Waals surface area (Å²) in [5.74, 6) is 2.20. The largest absolute Gasteiger partial charge is 0.303 e. The minimum Gasteiger partial charge on any atom is -0.303 e. The summed E-state index contributed by atoms with van der Waals surface area (Å²) in [7, 11) is 0. The molecule has 1 aliphatic heterocycles. The lowest BCUT2D eigenvalue weighted by Crippen LogP contribution is -2.35. The molecule has 1 aliphatic rings. The monoisotopic (exact) mass is 284 g/mol. The summed E-state index contributed by atoms with van der Waals surface area (Å²) >= 11 is 0. The van der Waals surface area contributed by atoms with Crippen LogP contribution in [0.2, 0.25) is 0 Å². The van der Waals surface area contributed by atoms with E-state index in [2.05, 4.69) is 57.3 Å². The smallest absolute Gasteiger partial charge is 0.137 e. The normalized spacial score (nSPS) is 21.3. The molecule has 0 radical (unpaired) electrons. The van der Waals surface area contributed by atoms with Gasteiger partial charge in [0.1, 0.15) is 12.2 Å². The van der Waals surface area contributed by atoms with Gasteiger partial charge in [0.05, 0.1) is 0 Å². The first-order valence-electron chi connectivity index (χ1n) is 7.95. The minimum atomic E-state index is 0.522. The first-order valence-corrected chi connectivity index (χ1v) is 7.95. The first kappa shape index (κ1) is 14.3. The van der Waals surface area contributed by atoms with Gasteiger partial charge in [-0.25, -0.2) is 4.98 Å². The highest BCUT2D eigenvalue weighted by Gasteiger charge is 2.23. The molecule has 0 spiro atoms. The van der Waals surface area contributed by atoms with E-state index in [0.29, 0.717) is 11.8 Å². The van der Waals surface area contributed by atoms with Gasteiger partial charge in [0.15, 0.2) is 0 Å². The molecule has 0 amide bonds. The molecule has 2 aromatic rings. The summed E-state index contributed by atoms with van der Waals surface area (Å²) in [6.45, 7) is 5.82. The van der Waals surface area contributed by atoms with Crippen LogP contribution in [0.3, 0.4) is 0 Å². The number of rotatable bonds is 5. The van der Waals surface area contributed by atoms with Crippen LogP contribution in [-0.2, 0) is 0 Å². The fraction of sp³-hybridized carbons (Fsp3) is 0.529. The summed E-state index contributed by atoms with van der Waals surface area (Å²) in [6.07, 6.45) is 5.31. The van der Waals surface area contributed by atoms with Crippen molar-refractivity contribution < 1.29 is 0 Å². The predicted octanol–water partition coefficient (Wildman–Crippen LogP) is 3.18. The second-order valence-corrected chi connectivity index (χ2v) is 6.11. The van der Waals surface area contributed by atoms with Gasteiger partial charge in [-0.3, -0.25) is 5.10 Å². The number of piperidine rings is 1. The zero-order chi connectivity index (χ0) is 14.5. The van der Waals surface area contributed by atoms with E-state index in [-0.39, 0.29) is 0 Å². The highest BCUT2D eigenvalue weighted by atomic mass is 15.2. The molecular formula is C17H24N4. The molecular weight excluding hydrogens is 260 g/mol. The Balaban J connectivity index is 1.51. The lowest BCUT2D eigenvalue weighted by atomic mass is 9.95. The molecule has 1 aromatic carbocycles. The zero-order valence-corrected chi connectivity index (χ0v) is 12.7. The van der Waals surface area contributed by atoms with Gasteiger partial charge in [0.25, 0.3) is 0 Å². The van der Waals surface area contributed by atoms with Crippen LogP contribution in [-0.4, -0.2) is 39.7 Å². The van der Waals surface area contributed by atoms with Crippen molar-refractivity contribution in [2.75, 3.05) is 19.6 Å². The maximum absolute atomic E-state index is 4.32. The average Bonchev–Trinajstić information content (AvgIpc) is 3.08. The van der Waals surface area contributed by atoms with Gasteiger partial charge in [-0.05, 0) is 43.8 Å². The van der Waals surface area contributed by atoms with Crippen LogP contribution in [0.15, 0.2) is 36.7 Å². The first-order chi connectivity index (χ1) is 10.3. The second-order valence-electron chi connectivity index (χ2n) is 6.11. The van der Waals surface area contributed by atoms with Crippen LogP contribution < -0.4 is 0 Å². The van der Waals surface area contributed by atoms with E-state index < -0.39 is 0 Å². The summed E-state index contributed by atoms with van der Waals surface area (Å²) in [5, 5.41) is 7.01. The Morgan fingerprint density at radius 3 is 2.95 bits per heavy atom. The topological polar surface area (TPSA) is 44.8 Å². The van der Waals surface area contributed by atoms with Crippen LogP contribution in [0.25, 0.3) is 0 Å². The summed E-state index contributed by atoms with van der Waals surface area (Å²) in [4.78, 5) is 6.90. The van der Waals surface area contributed by atoms with E-state index in [4.69, 9.17) is 0 Å². The number of aromatic amines is 1. The Hall–Kier alpha value is -1.68. The Morgan fingerprint density at radius 2 is 2.19 bits per heavy atom. The SMILES string of the molecule is C[C@H](CCN1CCC[C@@H](c2ncn[nH]2)C1)c1ccccc1. The third kappa shape index (κ3) is 3.70. The number of benzene rings is 1. The molecule has 1 saturated heterocycles. The molecule has 0 unspecified atom stereocenters. The van der Waals surface area contributed by atoms with Gasteiger partial charge in [0, 0.05) is 12.5 Å². The summed E-state index contributed by atoms with van der Waals surface area (Å²) in [6, 6.07) is 10.8. The van der Waals surface area contributed by atoms with Gasteiger partial charge in [0.2, 0.25) is 0 Å². The van der Waals surface area contributed by atoms with Crippen molar-refractivity contribution in [2.45, 2.75) is 38.0 Å². The van der Waals surface area contributed by atoms with Crippen molar-refractivity contribution in [1.29, 1.82) is 0 Å². The average molecular weight is 284 g/mol. The summed E-state index contributed by atoms with van der Waals surface area (Å²) in [5.41, 5.74) is 1.45. The number of aromatic nitrogens is 3. The third-order valence-electron chi connectivity index (χ3n) is 4.57. The number of hydrogen-bond donors (Lipinski definition) is 1. The number of likely N-dealkylation sites (tertiary alicyclic amines) is 1. The van der Waals surface area contributed by atoms with E-state index in [1.807, 2.05) is 0 Å². The molecule has 21 heavy (non-hydrogen) atoms. The van der Waals surface area contributed by atoms with Crippen LogP contribution >= 0.6 is 0 Å². The number of nitrogens with one attached hydrogen (secondary N) is 1. The van der Waals surface area contributed by atoms with E-state index in [1.54, 1.807) is 6.33 Å². The number of H-pyrrole nitrogens is 1. The van der Waals surface area contributed by atoms with Gasteiger partial charge >= 0.3 is 0 Å². The van der Waals surface area contributed by atoms with Crippen LogP contribution in [0.4, 0.5) is 0 Å². The lowest BCUT2D eigenvalue weighted by molar-refractivity contribution is 0.199. The zero-order valence-electron chi connectivity index (χ0n) is 12.7. The second kappa shape index (κ2) is 6.85. The Kier molecular flexibility index (Phi) is 4.65. The fourth-order valence-corrected chi connectivity index (χ4v) is 3.22. The van der Waals surface area contributed by atoms with Crippen molar-refractivity contribution in [3.8, 4) is 0 Å². The lowest BCUT2D eigenvalue weighted by Gasteiger charge is -2.32. The standard InChI is InChI=1S/C17H24N4/c1-14(15-6-3-2-4-7-15)9-11-21-10-5-8-16(12-21)17-18-13-19-20-17/h2-4,6-7,13-14,16H,5,8-12H2,1H3,(H,18,19,20)/t14-,16-/m1/s1. The van der Waals surface area contributed by atoms with Crippen molar-refractivity contribution in [1.82, 2.24) is 20.1 Å². The predicted molar refractivity (Wildman–Crippen MR) is 84.3 cm³/mol. The maximum Gasteiger partial charge on any atom is 0.137 e. The maximum atomic E-state index is 4.32. The molecule has 1 aromatic heterocycles. The molecule has 4 heteroatoms. The van der Waals surface area contributed by atoms with Crippen molar-refractivity contribution in [3.05, 3.63) is 48.0 Å². The minimum absolute atomic E-state index is 0.522. The highest BCUT2D eigenvalue weighted by molar-refractivity contribution is 5.18. The van der Waals surface area contributed by atoms with E-state index in [1.165, 1.54) is 37.9 Å². The molecule has 3 rings (SSSR count). The quantitative estimate of drug-likeness (QED) is 0.917. The van der Waals surface area contributed by atoms with Crippen molar-refractivity contribution in [3.63, 3.8) is 0 Å². The molecule has 1 N–H and O–H groups in total.